The van der Waals surface area contributed by atoms with E-state index in [0.717, 1.165) is 6.54 Å². The molecule has 4 nitrogen and oxygen atoms in total. The van der Waals surface area contributed by atoms with E-state index < -0.39 is 0 Å². The first-order valence-electron chi connectivity index (χ1n) is 6.19. The lowest BCUT2D eigenvalue weighted by Crippen LogP contribution is -2.29. The first-order valence-corrected chi connectivity index (χ1v) is 6.19. The van der Waals surface area contributed by atoms with Crippen LogP contribution in [0.4, 0.5) is 0 Å². The highest BCUT2D eigenvalue weighted by Gasteiger charge is 2.40. The van der Waals surface area contributed by atoms with Gasteiger partial charge in [-0.3, -0.25) is 10.00 Å². The van der Waals surface area contributed by atoms with E-state index in [0.29, 0.717) is 5.41 Å². The van der Waals surface area contributed by atoms with Gasteiger partial charge in [-0.2, -0.15) is 5.10 Å². The number of aromatic nitrogens is 2. The lowest BCUT2D eigenvalue weighted by atomic mass is 9.87. The van der Waals surface area contributed by atoms with Crippen LogP contribution in [0.1, 0.15) is 24.1 Å². The molecule has 0 amide bonds. The normalized spacial score (nSPS) is 28.8. The third kappa shape index (κ3) is 2.49. The number of H-pyrrole nitrogens is 1. The van der Waals surface area contributed by atoms with Crippen molar-refractivity contribution in [1.29, 1.82) is 0 Å². The molecule has 17 heavy (non-hydrogen) atoms. The fraction of sp³-hybridized carbons (Fsp3) is 0.750. The van der Waals surface area contributed by atoms with Gasteiger partial charge in [0, 0.05) is 30.9 Å². The van der Waals surface area contributed by atoms with E-state index in [9.17, 15) is 0 Å². The largest absolute Gasteiger partial charge is 0.316 e. The van der Waals surface area contributed by atoms with E-state index in [4.69, 9.17) is 0 Å². The van der Waals surface area contributed by atoms with Crippen molar-refractivity contribution in [1.82, 2.24) is 20.4 Å². The molecular weight excluding hydrogens is 236 g/mol. The fourth-order valence-corrected chi connectivity index (χ4v) is 3.08. The van der Waals surface area contributed by atoms with Gasteiger partial charge in [0.1, 0.15) is 0 Å². The number of hydrogen-bond acceptors (Lipinski definition) is 3. The summed E-state index contributed by atoms with van der Waals surface area (Å²) in [5, 5.41) is 10.6. The molecule has 0 bridgehead atoms. The van der Waals surface area contributed by atoms with Crippen LogP contribution >= 0.6 is 12.4 Å². The van der Waals surface area contributed by atoms with Crippen molar-refractivity contribution in [2.24, 2.45) is 5.41 Å². The van der Waals surface area contributed by atoms with Crippen LogP contribution in [0, 0.1) is 12.3 Å². The maximum atomic E-state index is 4.09. The molecule has 2 aliphatic heterocycles. The zero-order valence-electron chi connectivity index (χ0n) is 10.3. The Morgan fingerprint density at radius 1 is 1.47 bits per heavy atom. The molecule has 2 saturated heterocycles. The summed E-state index contributed by atoms with van der Waals surface area (Å²) in [5.74, 6) is 0. The first-order chi connectivity index (χ1) is 7.77. The summed E-state index contributed by atoms with van der Waals surface area (Å²) in [5.41, 5.74) is 3.14. The number of halogens is 1. The lowest BCUT2D eigenvalue weighted by Gasteiger charge is -2.22. The van der Waals surface area contributed by atoms with Crippen LogP contribution < -0.4 is 5.32 Å². The SMILES string of the molecule is Cc1[nH]ncc1CN1CCC2(CCNC2)C1.Cl. The number of aromatic amines is 1. The van der Waals surface area contributed by atoms with Crippen molar-refractivity contribution in [2.75, 3.05) is 26.2 Å². The van der Waals surface area contributed by atoms with Crippen LogP contribution in [0.2, 0.25) is 0 Å². The van der Waals surface area contributed by atoms with Gasteiger partial charge in [-0.1, -0.05) is 0 Å². The summed E-state index contributed by atoms with van der Waals surface area (Å²) in [6, 6.07) is 0. The average Bonchev–Trinajstić information content (AvgIpc) is 2.96. The molecular formula is C12H21ClN4. The average molecular weight is 257 g/mol. The molecule has 0 radical (unpaired) electrons. The number of hydrogen-bond donors (Lipinski definition) is 2. The van der Waals surface area contributed by atoms with Crippen molar-refractivity contribution in [3.63, 3.8) is 0 Å². The minimum absolute atomic E-state index is 0. The van der Waals surface area contributed by atoms with Crippen LogP contribution in [0.25, 0.3) is 0 Å². The third-order valence-corrected chi connectivity index (χ3v) is 4.18. The highest BCUT2D eigenvalue weighted by Crippen LogP contribution is 2.36. The van der Waals surface area contributed by atoms with Gasteiger partial charge in [-0.05, 0) is 38.3 Å². The van der Waals surface area contributed by atoms with Gasteiger partial charge in [0.2, 0.25) is 0 Å². The summed E-state index contributed by atoms with van der Waals surface area (Å²) in [6.07, 6.45) is 4.68. The van der Waals surface area contributed by atoms with Crippen molar-refractivity contribution < 1.29 is 0 Å². The maximum Gasteiger partial charge on any atom is 0.0535 e. The van der Waals surface area contributed by atoms with Crippen molar-refractivity contribution in [2.45, 2.75) is 26.3 Å². The topological polar surface area (TPSA) is 44.0 Å². The van der Waals surface area contributed by atoms with Crippen LogP contribution in [0.5, 0.6) is 0 Å². The van der Waals surface area contributed by atoms with Gasteiger partial charge in [-0.15, -0.1) is 12.4 Å². The summed E-state index contributed by atoms with van der Waals surface area (Å²) in [4.78, 5) is 2.57. The van der Waals surface area contributed by atoms with Gasteiger partial charge in [0.15, 0.2) is 0 Å². The molecule has 2 fully saturated rings. The smallest absolute Gasteiger partial charge is 0.0535 e. The molecule has 0 aromatic carbocycles. The first kappa shape index (κ1) is 12.9. The zero-order valence-corrected chi connectivity index (χ0v) is 11.1. The Bertz CT molecular complexity index is 370. The van der Waals surface area contributed by atoms with E-state index in [1.165, 1.54) is 50.3 Å². The second kappa shape index (κ2) is 4.96. The molecule has 3 heterocycles. The molecule has 1 aromatic heterocycles. The van der Waals surface area contributed by atoms with E-state index >= 15 is 0 Å². The third-order valence-electron chi connectivity index (χ3n) is 4.18. The Hall–Kier alpha value is -0.580. The van der Waals surface area contributed by atoms with Crippen LogP contribution in [-0.2, 0) is 6.54 Å². The van der Waals surface area contributed by atoms with Crippen LogP contribution in [0.15, 0.2) is 6.20 Å². The summed E-state index contributed by atoms with van der Waals surface area (Å²) < 4.78 is 0. The van der Waals surface area contributed by atoms with Crippen molar-refractivity contribution >= 4 is 12.4 Å². The van der Waals surface area contributed by atoms with E-state index in [1.54, 1.807) is 0 Å². The van der Waals surface area contributed by atoms with E-state index in [1.807, 2.05) is 6.20 Å². The molecule has 1 spiro atoms. The number of aryl methyl sites for hydroxylation is 1. The van der Waals surface area contributed by atoms with E-state index in [2.05, 4.69) is 27.3 Å². The minimum Gasteiger partial charge on any atom is -0.316 e. The van der Waals surface area contributed by atoms with Crippen molar-refractivity contribution in [3.05, 3.63) is 17.5 Å². The molecule has 3 rings (SSSR count). The molecule has 5 heteroatoms. The molecule has 1 unspecified atom stereocenters. The summed E-state index contributed by atoms with van der Waals surface area (Å²) >= 11 is 0. The second-order valence-electron chi connectivity index (χ2n) is 5.41. The quantitative estimate of drug-likeness (QED) is 0.839. The molecule has 2 N–H and O–H groups in total. The second-order valence-corrected chi connectivity index (χ2v) is 5.41. The predicted molar refractivity (Wildman–Crippen MR) is 70.4 cm³/mol. The molecule has 1 aromatic rings. The number of nitrogens with one attached hydrogen (secondary N) is 2. The zero-order chi connectivity index (χ0) is 11.0. The van der Waals surface area contributed by atoms with Gasteiger partial charge in [0.25, 0.3) is 0 Å². The monoisotopic (exact) mass is 256 g/mol. The fourth-order valence-electron chi connectivity index (χ4n) is 3.08. The molecule has 2 aliphatic rings. The van der Waals surface area contributed by atoms with Gasteiger partial charge in [0.05, 0.1) is 6.20 Å². The Morgan fingerprint density at radius 3 is 3.00 bits per heavy atom. The highest BCUT2D eigenvalue weighted by molar-refractivity contribution is 5.85. The number of likely N-dealkylation sites (tertiary alicyclic amines) is 1. The summed E-state index contributed by atoms with van der Waals surface area (Å²) in [7, 11) is 0. The Balaban J connectivity index is 0.00000108. The molecule has 0 aliphatic carbocycles. The molecule has 96 valence electrons. The van der Waals surface area contributed by atoms with Gasteiger partial charge >= 0.3 is 0 Å². The lowest BCUT2D eigenvalue weighted by molar-refractivity contribution is 0.268. The minimum atomic E-state index is 0. The Kier molecular flexibility index (Phi) is 3.76. The number of rotatable bonds is 2. The van der Waals surface area contributed by atoms with Crippen LogP contribution in [0.3, 0.4) is 0 Å². The van der Waals surface area contributed by atoms with Crippen molar-refractivity contribution in [3.8, 4) is 0 Å². The van der Waals surface area contributed by atoms with Crippen LogP contribution in [-0.4, -0.2) is 41.3 Å². The Labute approximate surface area is 109 Å². The predicted octanol–water partition coefficient (Wildman–Crippen LogP) is 1.33. The van der Waals surface area contributed by atoms with Gasteiger partial charge in [-0.25, -0.2) is 0 Å². The van der Waals surface area contributed by atoms with E-state index in [-0.39, 0.29) is 12.4 Å². The maximum absolute atomic E-state index is 4.09. The summed E-state index contributed by atoms with van der Waals surface area (Å²) in [6.45, 7) is 8.08. The molecule has 1 atom stereocenters. The standard InChI is InChI=1S/C12H20N4.ClH/c1-10-11(6-14-15-10)7-16-5-3-12(9-16)2-4-13-8-12;/h6,13H,2-5,7-9H2,1H3,(H,14,15);1H. The molecule has 0 saturated carbocycles. The van der Waals surface area contributed by atoms with Gasteiger partial charge < -0.3 is 5.32 Å². The Morgan fingerprint density at radius 2 is 2.35 bits per heavy atom. The number of nitrogens with zero attached hydrogens (tertiary/aromatic N) is 2. The highest BCUT2D eigenvalue weighted by atomic mass is 35.5.